The summed E-state index contributed by atoms with van der Waals surface area (Å²) in [5.41, 5.74) is 3.31. The Morgan fingerprint density at radius 3 is 2.90 bits per heavy atom. The largest absolute Gasteiger partial charge is 0.391 e. The normalized spacial score (nSPS) is 18.0. The van der Waals surface area contributed by atoms with Crippen LogP contribution < -0.4 is 0 Å². The van der Waals surface area contributed by atoms with Crippen molar-refractivity contribution in [3.8, 4) is 0 Å². The van der Waals surface area contributed by atoms with E-state index < -0.39 is 0 Å². The standard InChI is InChI=1S/C17H21N3O/c1-3-14-10-16(21-19-14)12-20(2)11-15-9-8-13-6-4-5-7-17(13)18-15/h4-9,16H,3,10-12H2,1-2H3/t16-/m0/s1. The summed E-state index contributed by atoms with van der Waals surface area (Å²) in [6.45, 7) is 3.82. The Kier molecular flexibility index (Phi) is 4.15. The second kappa shape index (κ2) is 6.22. The molecule has 1 aliphatic heterocycles. The minimum atomic E-state index is 0.186. The van der Waals surface area contributed by atoms with Crippen molar-refractivity contribution in [1.29, 1.82) is 0 Å². The maximum Gasteiger partial charge on any atom is 0.145 e. The molecule has 0 spiro atoms. The second-order valence-corrected chi connectivity index (χ2v) is 5.63. The molecule has 1 aliphatic rings. The summed E-state index contributed by atoms with van der Waals surface area (Å²) in [6.07, 6.45) is 2.11. The van der Waals surface area contributed by atoms with Gasteiger partial charge < -0.3 is 4.84 Å². The predicted octanol–water partition coefficient (Wildman–Crippen LogP) is 3.22. The quantitative estimate of drug-likeness (QED) is 0.845. The predicted molar refractivity (Wildman–Crippen MR) is 85.3 cm³/mol. The number of hydrogen-bond acceptors (Lipinski definition) is 4. The van der Waals surface area contributed by atoms with Crippen LogP contribution in [0.4, 0.5) is 0 Å². The first-order valence-electron chi connectivity index (χ1n) is 7.49. The van der Waals surface area contributed by atoms with Crippen molar-refractivity contribution in [3.05, 3.63) is 42.1 Å². The Labute approximate surface area is 125 Å². The third kappa shape index (κ3) is 3.39. The number of oxime groups is 1. The molecule has 0 radical (unpaired) electrons. The molecule has 0 aliphatic carbocycles. The van der Waals surface area contributed by atoms with Crippen molar-refractivity contribution >= 4 is 16.6 Å². The van der Waals surface area contributed by atoms with E-state index >= 15 is 0 Å². The van der Waals surface area contributed by atoms with Gasteiger partial charge in [-0.25, -0.2) is 0 Å². The van der Waals surface area contributed by atoms with Gasteiger partial charge in [-0.05, 0) is 25.6 Å². The van der Waals surface area contributed by atoms with Crippen molar-refractivity contribution in [2.45, 2.75) is 32.4 Å². The third-order valence-corrected chi connectivity index (χ3v) is 3.81. The molecular weight excluding hydrogens is 262 g/mol. The molecule has 1 aromatic carbocycles. The molecule has 1 aromatic heterocycles. The molecular formula is C17H21N3O. The SMILES string of the molecule is CCC1=NO[C@H](CN(C)Cc2ccc3ccccc3n2)C1. The van der Waals surface area contributed by atoms with E-state index in [4.69, 9.17) is 9.82 Å². The minimum absolute atomic E-state index is 0.186. The zero-order chi connectivity index (χ0) is 14.7. The summed E-state index contributed by atoms with van der Waals surface area (Å²) in [6, 6.07) is 12.4. The number of benzene rings is 1. The lowest BCUT2D eigenvalue weighted by molar-refractivity contribution is 0.0574. The van der Waals surface area contributed by atoms with E-state index in [1.165, 1.54) is 5.39 Å². The number of para-hydroxylation sites is 1. The molecule has 21 heavy (non-hydrogen) atoms. The maximum absolute atomic E-state index is 5.46. The number of rotatable bonds is 5. The van der Waals surface area contributed by atoms with E-state index in [1.54, 1.807) is 0 Å². The van der Waals surface area contributed by atoms with Crippen LogP contribution in [-0.4, -0.2) is 35.3 Å². The monoisotopic (exact) mass is 283 g/mol. The van der Waals surface area contributed by atoms with E-state index in [9.17, 15) is 0 Å². The van der Waals surface area contributed by atoms with Gasteiger partial charge in [0.1, 0.15) is 6.10 Å². The molecule has 110 valence electrons. The number of pyridine rings is 1. The summed E-state index contributed by atoms with van der Waals surface area (Å²) in [4.78, 5) is 12.4. The number of likely N-dealkylation sites (N-methyl/N-ethyl adjacent to an activating group) is 1. The van der Waals surface area contributed by atoms with Crippen LogP contribution in [0.25, 0.3) is 10.9 Å². The Bertz CT molecular complexity index is 653. The van der Waals surface area contributed by atoms with Crippen LogP contribution in [0.5, 0.6) is 0 Å². The first-order chi connectivity index (χ1) is 10.2. The number of fused-ring (bicyclic) bond motifs is 1. The average molecular weight is 283 g/mol. The first-order valence-corrected chi connectivity index (χ1v) is 7.49. The van der Waals surface area contributed by atoms with E-state index in [1.807, 2.05) is 12.1 Å². The lowest BCUT2D eigenvalue weighted by Crippen LogP contribution is -2.29. The topological polar surface area (TPSA) is 37.7 Å². The van der Waals surface area contributed by atoms with Crippen LogP contribution in [0, 0.1) is 0 Å². The molecule has 2 aromatic rings. The van der Waals surface area contributed by atoms with Gasteiger partial charge in [-0.1, -0.05) is 36.3 Å². The summed E-state index contributed by atoms with van der Waals surface area (Å²) in [5.74, 6) is 0. The van der Waals surface area contributed by atoms with Gasteiger partial charge in [-0.2, -0.15) is 0 Å². The number of hydrogen-bond donors (Lipinski definition) is 0. The number of nitrogens with zero attached hydrogens (tertiary/aromatic N) is 3. The lowest BCUT2D eigenvalue weighted by Gasteiger charge is -2.19. The first kappa shape index (κ1) is 14.0. The Morgan fingerprint density at radius 2 is 2.10 bits per heavy atom. The van der Waals surface area contributed by atoms with Crippen molar-refractivity contribution in [3.63, 3.8) is 0 Å². The Morgan fingerprint density at radius 1 is 1.24 bits per heavy atom. The van der Waals surface area contributed by atoms with E-state index in [0.29, 0.717) is 0 Å². The summed E-state index contributed by atoms with van der Waals surface area (Å²) < 4.78 is 0. The highest BCUT2D eigenvalue weighted by Crippen LogP contribution is 2.16. The van der Waals surface area contributed by atoms with E-state index in [-0.39, 0.29) is 6.10 Å². The van der Waals surface area contributed by atoms with Crippen LogP contribution in [0.2, 0.25) is 0 Å². The molecule has 0 amide bonds. The molecule has 0 bridgehead atoms. The zero-order valence-corrected chi connectivity index (χ0v) is 12.6. The molecule has 1 atom stereocenters. The lowest BCUT2D eigenvalue weighted by atomic mass is 10.1. The number of aromatic nitrogens is 1. The molecule has 0 unspecified atom stereocenters. The fourth-order valence-corrected chi connectivity index (χ4v) is 2.68. The van der Waals surface area contributed by atoms with Crippen molar-refractivity contribution in [2.24, 2.45) is 5.16 Å². The fraction of sp³-hybridized carbons (Fsp3) is 0.412. The molecule has 0 saturated heterocycles. The van der Waals surface area contributed by atoms with Gasteiger partial charge in [-0.3, -0.25) is 9.88 Å². The average Bonchev–Trinajstić information content (AvgIpc) is 2.94. The Hall–Kier alpha value is -1.94. The van der Waals surface area contributed by atoms with Crippen molar-refractivity contribution in [1.82, 2.24) is 9.88 Å². The van der Waals surface area contributed by atoms with Crippen molar-refractivity contribution in [2.75, 3.05) is 13.6 Å². The van der Waals surface area contributed by atoms with Gasteiger partial charge in [0.25, 0.3) is 0 Å². The van der Waals surface area contributed by atoms with Gasteiger partial charge in [0, 0.05) is 24.9 Å². The van der Waals surface area contributed by atoms with Gasteiger partial charge in [0.15, 0.2) is 0 Å². The molecule has 0 fully saturated rings. The van der Waals surface area contributed by atoms with Crippen molar-refractivity contribution < 1.29 is 4.84 Å². The highest BCUT2D eigenvalue weighted by Gasteiger charge is 2.21. The third-order valence-electron chi connectivity index (χ3n) is 3.81. The Balaban J connectivity index is 1.60. The van der Waals surface area contributed by atoms with Crippen LogP contribution >= 0.6 is 0 Å². The van der Waals surface area contributed by atoms with Crippen LogP contribution in [0.3, 0.4) is 0 Å². The fourth-order valence-electron chi connectivity index (χ4n) is 2.68. The van der Waals surface area contributed by atoms with Gasteiger partial charge >= 0.3 is 0 Å². The molecule has 4 heteroatoms. The zero-order valence-electron chi connectivity index (χ0n) is 12.6. The van der Waals surface area contributed by atoms with Crippen LogP contribution in [-0.2, 0) is 11.4 Å². The van der Waals surface area contributed by atoms with E-state index in [0.717, 1.165) is 42.9 Å². The second-order valence-electron chi connectivity index (χ2n) is 5.63. The summed E-state index contributed by atoms with van der Waals surface area (Å²) in [5, 5.41) is 5.30. The molecule has 0 N–H and O–H groups in total. The van der Waals surface area contributed by atoms with E-state index in [2.05, 4.69) is 48.3 Å². The smallest absolute Gasteiger partial charge is 0.145 e. The minimum Gasteiger partial charge on any atom is -0.391 e. The molecule has 4 nitrogen and oxygen atoms in total. The highest BCUT2D eigenvalue weighted by molar-refractivity contribution is 5.85. The van der Waals surface area contributed by atoms with Gasteiger partial charge in [0.2, 0.25) is 0 Å². The molecule has 2 heterocycles. The summed E-state index contributed by atoms with van der Waals surface area (Å²) >= 11 is 0. The molecule has 0 saturated carbocycles. The van der Waals surface area contributed by atoms with Crippen LogP contribution in [0.15, 0.2) is 41.6 Å². The maximum atomic E-state index is 5.46. The summed E-state index contributed by atoms with van der Waals surface area (Å²) in [7, 11) is 2.10. The van der Waals surface area contributed by atoms with Gasteiger partial charge in [0.05, 0.1) is 16.9 Å². The van der Waals surface area contributed by atoms with Gasteiger partial charge in [-0.15, -0.1) is 0 Å². The molecule has 3 rings (SSSR count). The van der Waals surface area contributed by atoms with Crippen LogP contribution in [0.1, 0.15) is 25.5 Å². The highest BCUT2D eigenvalue weighted by atomic mass is 16.6.